The normalized spacial score (nSPS) is 19.8. The fraction of sp³-hybridized carbons (Fsp3) is 0.179. The number of carbonyl (C=O) groups is 3. The van der Waals surface area contributed by atoms with Gasteiger partial charge in [0.1, 0.15) is 23.4 Å². The zero-order chi connectivity index (χ0) is 28.0. The first-order valence-corrected chi connectivity index (χ1v) is 13.9. The summed E-state index contributed by atoms with van der Waals surface area (Å²) in [7, 11) is 1.53. The molecule has 3 atom stereocenters. The van der Waals surface area contributed by atoms with Crippen LogP contribution in [0.15, 0.2) is 82.9 Å². The third-order valence-electron chi connectivity index (χ3n) is 6.85. The molecule has 2 aromatic carbocycles. The summed E-state index contributed by atoms with van der Waals surface area (Å²) >= 11 is 2.08. The van der Waals surface area contributed by atoms with E-state index >= 15 is 0 Å². The Hall–Kier alpha value is -4.29. The number of fused-ring (bicyclic) bond motifs is 2. The van der Waals surface area contributed by atoms with E-state index in [2.05, 4.69) is 10.3 Å². The van der Waals surface area contributed by atoms with Gasteiger partial charge in [-0.05, 0) is 60.2 Å². The summed E-state index contributed by atoms with van der Waals surface area (Å²) < 4.78 is 19.8. The predicted molar refractivity (Wildman–Crippen MR) is 148 cm³/mol. The molecule has 2 aliphatic heterocycles. The molecule has 1 fully saturated rings. The number of aromatic nitrogens is 2. The van der Waals surface area contributed by atoms with Gasteiger partial charge in [0.2, 0.25) is 17.7 Å². The SMILES string of the molecule is COc1ccc(N2C(=O)C3Sc4c(sc(=O)n4CC(=O)Nc4ccc(F)cc4)[C@H](c4cccnc4)C3C2=O)cc1. The smallest absolute Gasteiger partial charge is 0.308 e. The van der Waals surface area contributed by atoms with E-state index in [-0.39, 0.29) is 17.3 Å². The Morgan fingerprint density at radius 1 is 1.05 bits per heavy atom. The molecule has 4 aromatic rings. The Balaban J connectivity index is 1.38. The molecule has 2 unspecified atom stereocenters. The standard InChI is InChI=1S/C28H21FN4O5S2/c1-38-19-10-8-18(9-11-19)33-25(35)22-21(15-3-2-12-30-13-15)24-27(39-23(22)26(33)36)32(28(37)40-24)14-20(34)31-17-6-4-16(29)5-7-17/h2-13,21-23H,14H2,1H3,(H,31,34)/t21-,22?,23?/m1/s1. The monoisotopic (exact) mass is 576 g/mol. The highest BCUT2D eigenvalue weighted by Gasteiger charge is 2.56. The van der Waals surface area contributed by atoms with Crippen molar-refractivity contribution in [2.45, 2.75) is 22.7 Å². The number of pyridine rings is 1. The highest BCUT2D eigenvalue weighted by molar-refractivity contribution is 8.00. The van der Waals surface area contributed by atoms with Crippen molar-refractivity contribution in [3.63, 3.8) is 0 Å². The lowest BCUT2D eigenvalue weighted by atomic mass is 9.84. The summed E-state index contributed by atoms with van der Waals surface area (Å²) in [5.74, 6) is -2.46. The van der Waals surface area contributed by atoms with E-state index < -0.39 is 34.7 Å². The molecule has 2 aromatic heterocycles. The Labute approximate surface area is 235 Å². The molecule has 0 radical (unpaired) electrons. The van der Waals surface area contributed by atoms with Gasteiger partial charge in [-0.1, -0.05) is 29.2 Å². The second-order valence-corrected chi connectivity index (χ2v) is 11.3. The number of ether oxygens (including phenoxy) is 1. The molecule has 1 saturated heterocycles. The lowest BCUT2D eigenvalue weighted by Crippen LogP contribution is -2.33. The molecular weight excluding hydrogens is 555 g/mol. The van der Waals surface area contributed by atoms with Crippen LogP contribution in [0.5, 0.6) is 5.75 Å². The number of amides is 3. The molecule has 0 spiro atoms. The minimum Gasteiger partial charge on any atom is -0.497 e. The van der Waals surface area contributed by atoms with Crippen LogP contribution in [0.4, 0.5) is 15.8 Å². The van der Waals surface area contributed by atoms with E-state index in [4.69, 9.17) is 4.74 Å². The van der Waals surface area contributed by atoms with Crippen LogP contribution in [0.2, 0.25) is 0 Å². The van der Waals surface area contributed by atoms with Crippen molar-refractivity contribution in [1.82, 2.24) is 9.55 Å². The van der Waals surface area contributed by atoms with Gasteiger partial charge in [0.25, 0.3) is 0 Å². The fourth-order valence-corrected chi connectivity index (χ4v) is 7.81. The maximum absolute atomic E-state index is 13.9. The van der Waals surface area contributed by atoms with E-state index in [0.29, 0.717) is 32.6 Å². The van der Waals surface area contributed by atoms with Gasteiger partial charge in [-0.15, -0.1) is 0 Å². The minimum absolute atomic E-state index is 0.309. The first-order chi connectivity index (χ1) is 19.4. The van der Waals surface area contributed by atoms with E-state index in [1.165, 1.54) is 40.8 Å². The molecule has 6 rings (SSSR count). The number of hydrogen-bond donors (Lipinski definition) is 1. The van der Waals surface area contributed by atoms with Crippen LogP contribution >= 0.6 is 23.1 Å². The number of halogens is 1. The fourth-order valence-electron chi connectivity index (χ4n) is 5.04. The highest BCUT2D eigenvalue weighted by atomic mass is 32.2. The quantitative estimate of drug-likeness (QED) is 0.347. The Bertz CT molecular complexity index is 1670. The zero-order valence-electron chi connectivity index (χ0n) is 20.9. The summed E-state index contributed by atoms with van der Waals surface area (Å²) in [6.07, 6.45) is 3.24. The van der Waals surface area contributed by atoms with E-state index in [9.17, 15) is 23.6 Å². The van der Waals surface area contributed by atoms with E-state index in [1.54, 1.807) is 42.7 Å². The first-order valence-electron chi connectivity index (χ1n) is 12.2. The summed E-state index contributed by atoms with van der Waals surface area (Å²) in [6.45, 7) is -0.309. The van der Waals surface area contributed by atoms with Crippen molar-refractivity contribution in [2.75, 3.05) is 17.3 Å². The van der Waals surface area contributed by atoms with Crippen molar-refractivity contribution in [2.24, 2.45) is 5.92 Å². The molecule has 4 heterocycles. The minimum atomic E-state index is -0.812. The average molecular weight is 577 g/mol. The summed E-state index contributed by atoms with van der Waals surface area (Å²) in [4.78, 5) is 59.3. The van der Waals surface area contributed by atoms with Crippen molar-refractivity contribution in [1.29, 1.82) is 0 Å². The van der Waals surface area contributed by atoms with Gasteiger partial charge in [-0.25, -0.2) is 9.29 Å². The lowest BCUT2D eigenvalue weighted by Gasteiger charge is -2.30. The van der Waals surface area contributed by atoms with Gasteiger partial charge in [-0.2, -0.15) is 0 Å². The maximum Gasteiger partial charge on any atom is 0.308 e. The molecule has 40 heavy (non-hydrogen) atoms. The number of anilines is 2. The zero-order valence-corrected chi connectivity index (χ0v) is 22.6. The van der Waals surface area contributed by atoms with Crippen LogP contribution < -0.4 is 19.8 Å². The summed E-state index contributed by atoms with van der Waals surface area (Å²) in [6, 6.07) is 15.5. The Morgan fingerprint density at radius 2 is 1.80 bits per heavy atom. The molecule has 0 aliphatic carbocycles. The Morgan fingerprint density at radius 3 is 2.48 bits per heavy atom. The number of nitrogens with one attached hydrogen (secondary N) is 1. The van der Waals surface area contributed by atoms with Crippen LogP contribution in [0.25, 0.3) is 0 Å². The number of imide groups is 1. The number of thiazole rings is 1. The van der Waals surface area contributed by atoms with Gasteiger partial charge >= 0.3 is 4.87 Å². The first kappa shape index (κ1) is 26.0. The van der Waals surface area contributed by atoms with Crippen LogP contribution in [-0.2, 0) is 20.9 Å². The second kappa shape index (κ2) is 10.4. The summed E-state index contributed by atoms with van der Waals surface area (Å²) in [5.41, 5.74) is 1.51. The van der Waals surface area contributed by atoms with Gasteiger partial charge in [0.15, 0.2) is 0 Å². The maximum atomic E-state index is 13.9. The molecule has 12 heteroatoms. The largest absolute Gasteiger partial charge is 0.497 e. The molecular formula is C28H21FN4O5S2. The molecule has 0 bridgehead atoms. The number of thioether (sulfide) groups is 1. The number of hydrogen-bond acceptors (Lipinski definition) is 8. The van der Waals surface area contributed by atoms with Crippen LogP contribution in [0, 0.1) is 11.7 Å². The van der Waals surface area contributed by atoms with E-state index in [0.717, 1.165) is 23.1 Å². The van der Waals surface area contributed by atoms with Gasteiger partial charge in [0, 0.05) is 28.9 Å². The lowest BCUT2D eigenvalue weighted by molar-refractivity contribution is -0.122. The number of rotatable bonds is 6. The highest BCUT2D eigenvalue weighted by Crippen LogP contribution is 2.53. The molecule has 0 saturated carbocycles. The topological polar surface area (TPSA) is 111 Å². The number of benzene rings is 2. The third kappa shape index (κ3) is 4.48. The van der Waals surface area contributed by atoms with Crippen LogP contribution in [0.1, 0.15) is 16.4 Å². The van der Waals surface area contributed by atoms with Gasteiger partial charge in [-0.3, -0.25) is 28.7 Å². The second-order valence-electron chi connectivity index (χ2n) is 9.22. The number of methoxy groups -OCH3 is 1. The predicted octanol–water partition coefficient (Wildman–Crippen LogP) is 3.89. The van der Waals surface area contributed by atoms with Crippen LogP contribution in [0.3, 0.4) is 0 Å². The molecule has 9 nitrogen and oxygen atoms in total. The van der Waals surface area contributed by atoms with Crippen molar-refractivity contribution < 1.29 is 23.5 Å². The Kier molecular flexibility index (Phi) is 6.72. The molecule has 3 amide bonds. The third-order valence-corrected chi connectivity index (χ3v) is 9.46. The molecule has 202 valence electrons. The number of carbonyl (C=O) groups excluding carboxylic acids is 3. The van der Waals surface area contributed by atoms with E-state index in [1.807, 2.05) is 6.07 Å². The van der Waals surface area contributed by atoms with Crippen LogP contribution in [-0.4, -0.2) is 39.6 Å². The molecule has 1 N–H and O–H groups in total. The van der Waals surface area contributed by atoms with Gasteiger partial charge < -0.3 is 10.1 Å². The number of nitrogens with zero attached hydrogens (tertiary/aromatic N) is 3. The van der Waals surface area contributed by atoms with Gasteiger partial charge in [0.05, 0.1) is 23.7 Å². The molecule has 2 aliphatic rings. The van der Waals surface area contributed by atoms with Crippen molar-refractivity contribution in [3.05, 3.63) is 99.0 Å². The van der Waals surface area contributed by atoms with Crippen molar-refractivity contribution in [3.8, 4) is 5.75 Å². The van der Waals surface area contributed by atoms with Crippen molar-refractivity contribution >= 4 is 52.2 Å². The average Bonchev–Trinajstić information content (AvgIpc) is 3.41. The summed E-state index contributed by atoms with van der Waals surface area (Å²) in [5, 5.41) is 2.32.